The van der Waals surface area contributed by atoms with Gasteiger partial charge in [0, 0.05) is 0 Å². The molecule has 0 aromatic carbocycles. The molecule has 0 fully saturated rings. The Labute approximate surface area is 44.0 Å². The third kappa shape index (κ3) is 42.9. The zero-order valence-corrected chi connectivity index (χ0v) is 5.77. The van der Waals surface area contributed by atoms with Crippen LogP contribution >= 0.6 is 4.94 Å². The number of hydrogen-bond acceptors (Lipinski definition) is 1. The molecule has 0 spiro atoms. The van der Waals surface area contributed by atoms with E-state index in [1.54, 1.807) is 0 Å². The Balaban J connectivity index is 3.47. The van der Waals surface area contributed by atoms with Crippen LogP contribution in [-0.2, 0) is 4.57 Å². The minimum absolute atomic E-state index is 0.760. The molecule has 2 nitrogen and oxygen atoms in total. The van der Waals surface area contributed by atoms with E-state index in [2.05, 4.69) is 7.57 Å². The van der Waals surface area contributed by atoms with Crippen LogP contribution in [0.2, 0.25) is 0 Å². The van der Waals surface area contributed by atoms with Crippen molar-refractivity contribution in [3.63, 3.8) is 0 Å². The quantitative estimate of drug-likeness (QED) is 0.412. The van der Waals surface area contributed by atoms with Crippen LogP contribution in [0.5, 0.6) is 0 Å². The van der Waals surface area contributed by atoms with Crippen molar-refractivity contribution in [3.05, 3.63) is 0 Å². The van der Waals surface area contributed by atoms with E-state index >= 15 is 0 Å². The van der Waals surface area contributed by atoms with Gasteiger partial charge in [0.1, 0.15) is 0 Å². The van der Waals surface area contributed by atoms with E-state index in [4.69, 9.17) is 4.89 Å². The first-order valence-corrected chi connectivity index (χ1v) is 5.95. The summed E-state index contributed by atoms with van der Waals surface area (Å²) >= 11 is 0.760. The summed E-state index contributed by atoms with van der Waals surface area (Å²) in [6.07, 6.45) is 0. The van der Waals surface area contributed by atoms with E-state index in [0.717, 1.165) is 21.7 Å². The monoisotopic (exact) mass is 206 g/mol. The molecule has 5 heteroatoms. The molecule has 0 bridgehead atoms. The Morgan fingerprint density at radius 3 is 2.00 bits per heavy atom. The van der Waals surface area contributed by atoms with Crippen molar-refractivity contribution in [1.29, 1.82) is 0 Å². The van der Waals surface area contributed by atoms with E-state index in [-0.39, 0.29) is 0 Å². The van der Waals surface area contributed by atoms with Crippen LogP contribution in [-0.4, -0.2) is 34.2 Å². The molecule has 0 aliphatic heterocycles. The van der Waals surface area contributed by atoms with Gasteiger partial charge in [0.25, 0.3) is 0 Å². The number of rotatable bonds is 0. The second-order valence-corrected chi connectivity index (χ2v) is 6.67. The van der Waals surface area contributed by atoms with Crippen LogP contribution in [0, 0.1) is 0 Å². The first-order chi connectivity index (χ1) is 2.00. The molecule has 0 aliphatic rings. The number of hydrogen-bond donors (Lipinski definition) is 1. The van der Waals surface area contributed by atoms with E-state index in [1.807, 2.05) is 0 Å². The predicted molar refractivity (Wildman–Crippen MR) is 22.7 cm³/mol. The molecule has 0 amide bonds. The van der Waals surface area contributed by atoms with Gasteiger partial charge in [0.05, 0.1) is 0 Å². The molecule has 28 valence electrons. The van der Waals surface area contributed by atoms with Gasteiger partial charge in [-0.25, -0.2) is 0 Å². The molecule has 0 aromatic rings. The van der Waals surface area contributed by atoms with Gasteiger partial charge in [-0.05, 0) is 0 Å². The van der Waals surface area contributed by atoms with Gasteiger partial charge in [-0.1, -0.05) is 0 Å². The SMILES string of the molecule is [B]P(=O)(O)[TeH]. The molecule has 0 saturated heterocycles. The van der Waals surface area contributed by atoms with E-state index in [1.165, 1.54) is 0 Å². The van der Waals surface area contributed by atoms with Gasteiger partial charge in [-0.15, -0.1) is 0 Å². The van der Waals surface area contributed by atoms with Crippen molar-refractivity contribution < 1.29 is 9.46 Å². The molecule has 0 aromatic heterocycles. The normalized spacial score (nSPS) is 21.2. The summed E-state index contributed by atoms with van der Waals surface area (Å²) in [6, 6.07) is 0. The van der Waals surface area contributed by atoms with Crippen LogP contribution in [0.15, 0.2) is 0 Å². The van der Waals surface area contributed by atoms with Crippen molar-refractivity contribution in [3.8, 4) is 0 Å². The van der Waals surface area contributed by atoms with Gasteiger partial charge < -0.3 is 0 Å². The van der Waals surface area contributed by atoms with Gasteiger partial charge >= 0.3 is 43.7 Å². The Hall–Kier alpha value is 1.04. The predicted octanol–water partition coefficient (Wildman–Crippen LogP) is -0.844. The summed E-state index contributed by atoms with van der Waals surface area (Å²) < 4.78 is 9.57. The maximum atomic E-state index is 9.57. The van der Waals surface area contributed by atoms with Crippen molar-refractivity contribution in [2.45, 2.75) is 0 Å². The van der Waals surface area contributed by atoms with Crippen LogP contribution in [0.4, 0.5) is 0 Å². The van der Waals surface area contributed by atoms with Gasteiger partial charge in [0.15, 0.2) is 0 Å². The fourth-order valence-corrected chi connectivity index (χ4v) is 0. The minimum atomic E-state index is -3.09. The molecule has 1 N–H and O–H groups in total. The molecular weight excluding hydrogens is 201 g/mol. The average Bonchev–Trinajstić information content (AvgIpc) is 0.722. The van der Waals surface area contributed by atoms with Crippen LogP contribution in [0.25, 0.3) is 0 Å². The fraction of sp³-hybridized carbons (Fsp3) is 0. The molecule has 2 radical (unpaired) electrons. The van der Waals surface area contributed by atoms with Crippen molar-refractivity contribution >= 4 is 34.3 Å². The Morgan fingerprint density at radius 1 is 2.00 bits per heavy atom. The van der Waals surface area contributed by atoms with E-state index in [0.29, 0.717) is 0 Å². The summed E-state index contributed by atoms with van der Waals surface area (Å²) in [7, 11) is 4.49. The van der Waals surface area contributed by atoms with Gasteiger partial charge in [-0.3, -0.25) is 0 Å². The zero-order chi connectivity index (χ0) is 4.50. The standard InChI is InChI=1S/BH2O2PTe/c1-4(2,3)5/h(H2,2,3,5). The second kappa shape index (κ2) is 1.66. The molecule has 1 atom stereocenters. The summed E-state index contributed by atoms with van der Waals surface area (Å²) in [6.45, 7) is 0. The first kappa shape index (κ1) is 6.04. The topological polar surface area (TPSA) is 37.3 Å². The molecule has 1 unspecified atom stereocenters. The summed E-state index contributed by atoms with van der Waals surface area (Å²) in [5.74, 6) is 0. The maximum absolute atomic E-state index is 9.57. The van der Waals surface area contributed by atoms with Crippen molar-refractivity contribution in [1.82, 2.24) is 0 Å². The molecule has 0 heterocycles. The second-order valence-electron chi connectivity index (χ2n) is 0.589. The Morgan fingerprint density at radius 2 is 2.00 bits per heavy atom. The Bertz CT molecular complexity index is 55.8. The third-order valence-corrected chi connectivity index (χ3v) is 0. The van der Waals surface area contributed by atoms with Crippen molar-refractivity contribution in [2.24, 2.45) is 0 Å². The molecule has 0 aliphatic carbocycles. The summed E-state index contributed by atoms with van der Waals surface area (Å²) in [5.41, 5.74) is 0. The summed E-state index contributed by atoms with van der Waals surface area (Å²) in [5, 5.41) is 0. The van der Waals surface area contributed by atoms with Gasteiger partial charge in [0.2, 0.25) is 0 Å². The summed E-state index contributed by atoms with van der Waals surface area (Å²) in [4.78, 5) is 4.79. The van der Waals surface area contributed by atoms with E-state index < -0.39 is 4.94 Å². The van der Waals surface area contributed by atoms with Crippen LogP contribution in [0.1, 0.15) is 0 Å². The molecular formula is H2BO2PTe. The van der Waals surface area contributed by atoms with Crippen LogP contribution < -0.4 is 0 Å². The van der Waals surface area contributed by atoms with Crippen molar-refractivity contribution in [2.75, 3.05) is 0 Å². The van der Waals surface area contributed by atoms with Gasteiger partial charge in [-0.2, -0.15) is 0 Å². The van der Waals surface area contributed by atoms with Crippen LogP contribution in [0.3, 0.4) is 0 Å². The first-order valence-electron chi connectivity index (χ1n) is 0.841. The fourth-order valence-electron chi connectivity index (χ4n) is 0. The zero-order valence-electron chi connectivity index (χ0n) is 2.33. The molecule has 5 heavy (non-hydrogen) atoms. The third-order valence-electron chi connectivity index (χ3n) is 0. The average molecular weight is 203 g/mol. The van der Waals surface area contributed by atoms with E-state index in [9.17, 15) is 4.57 Å². The Kier molecular flexibility index (Phi) is 2.01. The molecule has 0 saturated carbocycles. The molecule has 0 rings (SSSR count).